The molecule has 0 aliphatic carbocycles. The van der Waals surface area contributed by atoms with Crippen LogP contribution in [0.4, 0.5) is 0 Å². The van der Waals surface area contributed by atoms with Gasteiger partial charge in [-0.15, -0.1) is 0 Å². The van der Waals surface area contributed by atoms with Gasteiger partial charge in [-0.2, -0.15) is 4.31 Å². The molecule has 7 heteroatoms. The Morgan fingerprint density at radius 3 is 2.63 bits per heavy atom. The van der Waals surface area contributed by atoms with Crippen molar-refractivity contribution in [2.45, 2.75) is 44.4 Å². The fraction of sp³-hybridized carbons (Fsp3) is 0.917. The highest BCUT2D eigenvalue weighted by Crippen LogP contribution is 2.28. The lowest BCUT2D eigenvalue weighted by Gasteiger charge is -2.38. The highest BCUT2D eigenvalue weighted by Gasteiger charge is 2.40. The molecule has 0 saturated carbocycles. The van der Waals surface area contributed by atoms with Gasteiger partial charge in [-0.05, 0) is 25.7 Å². The van der Waals surface area contributed by atoms with E-state index in [0.29, 0.717) is 12.5 Å². The molecular weight excluding hydrogens is 268 g/mol. The van der Waals surface area contributed by atoms with Crippen LogP contribution in [-0.2, 0) is 19.6 Å². The van der Waals surface area contributed by atoms with E-state index in [2.05, 4.69) is 11.7 Å². The summed E-state index contributed by atoms with van der Waals surface area (Å²) in [5, 5.41) is -1.18. The lowest BCUT2D eigenvalue weighted by Crippen LogP contribution is -2.53. The number of rotatable bonds is 5. The van der Waals surface area contributed by atoms with E-state index in [1.165, 1.54) is 18.3 Å². The smallest absolute Gasteiger partial charge is 0.325 e. The Labute approximate surface area is 115 Å². The summed E-state index contributed by atoms with van der Waals surface area (Å²) in [5.74, 6) is -0.221. The van der Waals surface area contributed by atoms with Gasteiger partial charge in [0.2, 0.25) is 10.0 Å². The number of sulfonamides is 1. The SMILES string of the molecule is CCC1CCN(S(=O)(=O)C(C)C(=O)OC)C(CN)C1. The summed E-state index contributed by atoms with van der Waals surface area (Å²) in [7, 11) is -2.49. The molecule has 0 amide bonds. The lowest BCUT2D eigenvalue weighted by atomic mass is 9.90. The van der Waals surface area contributed by atoms with Crippen molar-refractivity contribution < 1.29 is 17.9 Å². The number of carbonyl (C=O) groups excluding carboxylic acids is 1. The molecule has 0 spiro atoms. The molecule has 2 N–H and O–H groups in total. The van der Waals surface area contributed by atoms with E-state index in [-0.39, 0.29) is 12.6 Å². The monoisotopic (exact) mass is 292 g/mol. The van der Waals surface area contributed by atoms with Gasteiger partial charge in [-0.1, -0.05) is 13.3 Å². The Bertz CT molecular complexity index is 410. The number of piperidine rings is 1. The van der Waals surface area contributed by atoms with Crippen LogP contribution in [0.15, 0.2) is 0 Å². The van der Waals surface area contributed by atoms with Crippen molar-refractivity contribution in [3.63, 3.8) is 0 Å². The highest BCUT2D eigenvalue weighted by atomic mass is 32.2. The Morgan fingerprint density at radius 2 is 2.16 bits per heavy atom. The van der Waals surface area contributed by atoms with Crippen molar-refractivity contribution in [1.29, 1.82) is 0 Å². The normalized spacial score (nSPS) is 26.9. The van der Waals surface area contributed by atoms with Crippen LogP contribution < -0.4 is 5.73 Å². The van der Waals surface area contributed by atoms with E-state index < -0.39 is 21.2 Å². The maximum Gasteiger partial charge on any atom is 0.325 e. The number of nitrogens with zero attached hydrogens (tertiary/aromatic N) is 1. The Hall–Kier alpha value is -0.660. The molecule has 1 aliphatic heterocycles. The largest absolute Gasteiger partial charge is 0.468 e. The fourth-order valence-electron chi connectivity index (χ4n) is 2.52. The molecule has 0 aromatic heterocycles. The summed E-state index contributed by atoms with van der Waals surface area (Å²) in [6.07, 6.45) is 2.61. The van der Waals surface area contributed by atoms with Gasteiger partial charge in [-0.3, -0.25) is 4.79 Å². The zero-order valence-electron chi connectivity index (χ0n) is 11.8. The molecule has 0 bridgehead atoms. The van der Waals surface area contributed by atoms with Crippen molar-refractivity contribution in [1.82, 2.24) is 4.31 Å². The van der Waals surface area contributed by atoms with E-state index in [1.807, 2.05) is 0 Å². The van der Waals surface area contributed by atoms with Gasteiger partial charge in [-0.25, -0.2) is 8.42 Å². The summed E-state index contributed by atoms with van der Waals surface area (Å²) >= 11 is 0. The number of nitrogens with two attached hydrogens (primary N) is 1. The quantitative estimate of drug-likeness (QED) is 0.737. The molecule has 3 unspecified atom stereocenters. The van der Waals surface area contributed by atoms with Crippen molar-refractivity contribution in [2.75, 3.05) is 20.2 Å². The second kappa shape index (κ2) is 6.67. The number of methoxy groups -OCH3 is 1. The van der Waals surface area contributed by atoms with Crippen LogP contribution in [0.2, 0.25) is 0 Å². The molecule has 19 heavy (non-hydrogen) atoms. The van der Waals surface area contributed by atoms with Gasteiger partial charge in [0.15, 0.2) is 5.25 Å². The first-order valence-electron chi connectivity index (χ1n) is 6.67. The molecule has 0 aromatic carbocycles. The number of hydrogen-bond donors (Lipinski definition) is 1. The van der Waals surface area contributed by atoms with Crippen molar-refractivity contribution in [3.05, 3.63) is 0 Å². The summed E-state index contributed by atoms with van der Waals surface area (Å²) in [6, 6.07) is -0.212. The second-order valence-electron chi connectivity index (χ2n) is 5.01. The Morgan fingerprint density at radius 1 is 1.53 bits per heavy atom. The number of hydrogen-bond acceptors (Lipinski definition) is 5. The van der Waals surface area contributed by atoms with Crippen molar-refractivity contribution in [2.24, 2.45) is 11.7 Å². The third-order valence-corrected chi connectivity index (χ3v) is 6.15. The minimum Gasteiger partial charge on any atom is -0.468 e. The van der Waals surface area contributed by atoms with Gasteiger partial charge < -0.3 is 10.5 Å². The van der Waals surface area contributed by atoms with Gasteiger partial charge in [0.25, 0.3) is 0 Å². The molecule has 6 nitrogen and oxygen atoms in total. The summed E-state index contributed by atoms with van der Waals surface area (Å²) in [6.45, 7) is 4.17. The van der Waals surface area contributed by atoms with Crippen LogP contribution in [-0.4, -0.2) is 50.2 Å². The van der Waals surface area contributed by atoms with Gasteiger partial charge in [0, 0.05) is 19.1 Å². The first-order chi connectivity index (χ1) is 8.88. The minimum atomic E-state index is -3.69. The van der Waals surface area contributed by atoms with Crippen LogP contribution in [0, 0.1) is 5.92 Å². The minimum absolute atomic E-state index is 0.212. The lowest BCUT2D eigenvalue weighted by molar-refractivity contribution is -0.139. The van der Waals surface area contributed by atoms with E-state index in [9.17, 15) is 13.2 Å². The zero-order valence-corrected chi connectivity index (χ0v) is 12.6. The number of carbonyl (C=O) groups is 1. The standard InChI is InChI=1S/C12H24N2O4S/c1-4-10-5-6-14(11(7-10)8-13)19(16,17)9(2)12(15)18-3/h9-11H,4-8,13H2,1-3H3. The molecule has 1 heterocycles. The molecule has 3 atom stereocenters. The van der Waals surface area contributed by atoms with Crippen molar-refractivity contribution in [3.8, 4) is 0 Å². The molecule has 1 fully saturated rings. The van der Waals surface area contributed by atoms with Crippen LogP contribution in [0.5, 0.6) is 0 Å². The maximum absolute atomic E-state index is 12.4. The Balaban J connectivity index is 2.91. The maximum atomic E-state index is 12.4. The van der Waals surface area contributed by atoms with E-state index in [4.69, 9.17) is 5.73 Å². The third kappa shape index (κ3) is 3.46. The van der Waals surface area contributed by atoms with Crippen molar-refractivity contribution >= 4 is 16.0 Å². The average molecular weight is 292 g/mol. The predicted molar refractivity (Wildman–Crippen MR) is 73.0 cm³/mol. The first kappa shape index (κ1) is 16.4. The second-order valence-corrected chi connectivity index (χ2v) is 7.22. The van der Waals surface area contributed by atoms with Gasteiger partial charge in [0.1, 0.15) is 0 Å². The third-order valence-electron chi connectivity index (χ3n) is 3.93. The topological polar surface area (TPSA) is 89.7 Å². The highest BCUT2D eigenvalue weighted by molar-refractivity contribution is 7.90. The van der Waals surface area contributed by atoms with Crippen LogP contribution in [0.1, 0.15) is 33.1 Å². The van der Waals surface area contributed by atoms with Crippen LogP contribution >= 0.6 is 0 Å². The van der Waals surface area contributed by atoms with E-state index >= 15 is 0 Å². The molecule has 0 radical (unpaired) electrons. The van der Waals surface area contributed by atoms with Gasteiger partial charge >= 0.3 is 5.97 Å². The molecule has 1 aliphatic rings. The predicted octanol–water partition coefficient (Wildman–Crippen LogP) is 0.327. The summed E-state index contributed by atoms with van der Waals surface area (Å²) in [5.41, 5.74) is 5.69. The van der Waals surface area contributed by atoms with Crippen LogP contribution in [0.3, 0.4) is 0 Å². The van der Waals surface area contributed by atoms with Gasteiger partial charge in [0.05, 0.1) is 7.11 Å². The number of esters is 1. The molecule has 1 rings (SSSR count). The van der Waals surface area contributed by atoms with E-state index in [0.717, 1.165) is 19.3 Å². The molecule has 0 aromatic rings. The van der Waals surface area contributed by atoms with Crippen LogP contribution in [0.25, 0.3) is 0 Å². The van der Waals surface area contributed by atoms with E-state index in [1.54, 1.807) is 0 Å². The number of ether oxygens (including phenoxy) is 1. The average Bonchev–Trinajstić information content (AvgIpc) is 2.44. The molecule has 1 saturated heterocycles. The Kier molecular flexibility index (Phi) is 5.76. The molecule has 112 valence electrons. The summed E-state index contributed by atoms with van der Waals surface area (Å²) < 4.78 is 30.8. The first-order valence-corrected chi connectivity index (χ1v) is 8.17. The molecular formula is C12H24N2O4S. The fourth-order valence-corrected chi connectivity index (χ4v) is 4.22. The summed E-state index contributed by atoms with van der Waals surface area (Å²) in [4.78, 5) is 11.5. The zero-order chi connectivity index (χ0) is 14.6.